The lowest BCUT2D eigenvalue weighted by Crippen LogP contribution is -2.50. The van der Waals surface area contributed by atoms with Crippen LogP contribution in [0.1, 0.15) is 37.6 Å². The van der Waals surface area contributed by atoms with Crippen molar-refractivity contribution in [2.24, 2.45) is 5.92 Å². The normalized spacial score (nSPS) is 12.8. The molecule has 0 aliphatic carbocycles. The maximum atomic E-state index is 12.0. The van der Waals surface area contributed by atoms with Gasteiger partial charge in [-0.2, -0.15) is 5.26 Å². The van der Waals surface area contributed by atoms with Crippen LogP contribution in [0.5, 0.6) is 0 Å². The molecule has 136 valence electrons. The van der Waals surface area contributed by atoms with Crippen LogP contribution in [0.4, 0.5) is 5.69 Å². The molecule has 0 aromatic heterocycles. The molecule has 0 saturated heterocycles. The van der Waals surface area contributed by atoms with Gasteiger partial charge in [0.15, 0.2) is 0 Å². The van der Waals surface area contributed by atoms with Crippen LogP contribution in [0.25, 0.3) is 0 Å². The minimum atomic E-state index is -0.907. The molecule has 4 N–H and O–H groups in total. The molecule has 0 saturated carbocycles. The van der Waals surface area contributed by atoms with Crippen molar-refractivity contribution >= 4 is 17.5 Å². The van der Waals surface area contributed by atoms with E-state index in [-0.39, 0.29) is 30.9 Å². The van der Waals surface area contributed by atoms with Gasteiger partial charge in [0.25, 0.3) is 5.91 Å². The third kappa shape index (κ3) is 6.43. The highest BCUT2D eigenvalue weighted by molar-refractivity contribution is 5.94. The second-order valence-electron chi connectivity index (χ2n) is 6.28. The van der Waals surface area contributed by atoms with Crippen LogP contribution in [0.3, 0.4) is 0 Å². The van der Waals surface area contributed by atoms with E-state index in [0.717, 1.165) is 0 Å². The molecule has 0 heterocycles. The Morgan fingerprint density at radius 2 is 1.92 bits per heavy atom. The first-order valence-corrected chi connectivity index (χ1v) is 8.27. The number of benzene rings is 1. The number of hydrogen-bond donors (Lipinski definition) is 4. The van der Waals surface area contributed by atoms with Crippen LogP contribution in [0, 0.1) is 17.2 Å². The number of anilines is 1. The lowest BCUT2D eigenvalue weighted by atomic mass is 9.90. The van der Waals surface area contributed by atoms with E-state index in [1.165, 1.54) is 0 Å². The van der Waals surface area contributed by atoms with Crippen LogP contribution in [-0.2, 0) is 4.79 Å². The predicted molar refractivity (Wildman–Crippen MR) is 96.0 cm³/mol. The van der Waals surface area contributed by atoms with Crippen molar-refractivity contribution in [3.8, 4) is 6.07 Å². The topological polar surface area (TPSA) is 114 Å². The van der Waals surface area contributed by atoms with E-state index in [4.69, 9.17) is 5.11 Å². The monoisotopic (exact) mass is 346 g/mol. The molecule has 1 unspecified atom stereocenters. The van der Waals surface area contributed by atoms with Gasteiger partial charge in [0.2, 0.25) is 5.91 Å². The van der Waals surface area contributed by atoms with E-state index >= 15 is 0 Å². The average molecular weight is 346 g/mol. The molecule has 7 heteroatoms. The number of aliphatic hydroxyl groups excluding tert-OH is 1. The summed E-state index contributed by atoms with van der Waals surface area (Å²) in [6.07, 6.45) is 0.512. The highest BCUT2D eigenvalue weighted by Crippen LogP contribution is 2.15. The summed E-state index contributed by atoms with van der Waals surface area (Å²) < 4.78 is 0. The smallest absolute Gasteiger partial charge is 0.251 e. The standard InChI is InChI=1S/C18H26N4O3/c1-13(2)18(3,12-19)22-16(24)11-21-15-7-5-14(6-8-15)17(25)20-9-4-10-23/h5-8,13,21,23H,4,9-11H2,1-3H3,(H,20,25)(H,22,24). The SMILES string of the molecule is CC(C)C(C)(C#N)NC(=O)CNc1ccc(C(=O)NCCCO)cc1. The zero-order valence-corrected chi connectivity index (χ0v) is 14.9. The molecule has 0 aliphatic heterocycles. The first-order valence-electron chi connectivity index (χ1n) is 8.27. The van der Waals surface area contributed by atoms with Gasteiger partial charge >= 0.3 is 0 Å². The number of rotatable bonds is 9. The van der Waals surface area contributed by atoms with Gasteiger partial charge in [0.1, 0.15) is 5.54 Å². The summed E-state index contributed by atoms with van der Waals surface area (Å²) in [4.78, 5) is 23.9. The number of nitriles is 1. The van der Waals surface area contributed by atoms with E-state index in [1.807, 2.05) is 13.8 Å². The van der Waals surface area contributed by atoms with E-state index in [9.17, 15) is 14.9 Å². The number of amides is 2. The number of carbonyl (C=O) groups is 2. The molecule has 0 fully saturated rings. The lowest BCUT2D eigenvalue weighted by Gasteiger charge is -2.27. The Bertz CT molecular complexity index is 622. The maximum absolute atomic E-state index is 12.0. The summed E-state index contributed by atoms with van der Waals surface area (Å²) >= 11 is 0. The van der Waals surface area contributed by atoms with Gasteiger partial charge < -0.3 is 21.1 Å². The Hall–Kier alpha value is -2.59. The summed E-state index contributed by atoms with van der Waals surface area (Å²) in [5.74, 6) is -0.492. The summed E-state index contributed by atoms with van der Waals surface area (Å²) in [7, 11) is 0. The van der Waals surface area contributed by atoms with Crippen molar-refractivity contribution in [1.82, 2.24) is 10.6 Å². The summed E-state index contributed by atoms with van der Waals surface area (Å²) in [6, 6.07) is 8.85. The van der Waals surface area contributed by atoms with Crippen molar-refractivity contribution in [3.05, 3.63) is 29.8 Å². The van der Waals surface area contributed by atoms with Crippen LogP contribution in [-0.4, -0.2) is 42.2 Å². The van der Waals surface area contributed by atoms with Gasteiger partial charge in [-0.3, -0.25) is 9.59 Å². The summed E-state index contributed by atoms with van der Waals surface area (Å²) in [6.45, 7) is 5.93. The van der Waals surface area contributed by atoms with Crippen molar-refractivity contribution in [2.45, 2.75) is 32.7 Å². The van der Waals surface area contributed by atoms with Gasteiger partial charge in [-0.25, -0.2) is 0 Å². The third-order valence-electron chi connectivity index (χ3n) is 4.01. The van der Waals surface area contributed by atoms with Crippen molar-refractivity contribution in [3.63, 3.8) is 0 Å². The van der Waals surface area contributed by atoms with Crippen molar-refractivity contribution < 1.29 is 14.7 Å². The number of carbonyl (C=O) groups excluding carboxylic acids is 2. The van der Waals surface area contributed by atoms with Gasteiger partial charge in [0, 0.05) is 24.4 Å². The number of hydrogen-bond acceptors (Lipinski definition) is 5. The van der Waals surface area contributed by atoms with E-state index in [1.54, 1.807) is 31.2 Å². The number of nitrogens with zero attached hydrogens (tertiary/aromatic N) is 1. The van der Waals surface area contributed by atoms with Gasteiger partial charge in [0.05, 0.1) is 12.6 Å². The number of aliphatic hydroxyl groups is 1. The van der Waals surface area contributed by atoms with Crippen LogP contribution in [0.2, 0.25) is 0 Å². The Morgan fingerprint density at radius 3 is 2.44 bits per heavy atom. The Balaban J connectivity index is 2.52. The van der Waals surface area contributed by atoms with Crippen LogP contribution < -0.4 is 16.0 Å². The summed E-state index contributed by atoms with van der Waals surface area (Å²) in [5.41, 5.74) is 0.296. The molecule has 0 bridgehead atoms. The number of nitrogens with one attached hydrogen (secondary N) is 3. The lowest BCUT2D eigenvalue weighted by molar-refractivity contribution is -0.121. The van der Waals surface area contributed by atoms with E-state index in [0.29, 0.717) is 24.2 Å². The second kappa shape index (κ2) is 9.64. The van der Waals surface area contributed by atoms with Crippen LogP contribution >= 0.6 is 0 Å². The molecule has 25 heavy (non-hydrogen) atoms. The Kier molecular flexibility index (Phi) is 7.89. The third-order valence-corrected chi connectivity index (χ3v) is 4.01. The zero-order chi connectivity index (χ0) is 18.9. The van der Waals surface area contributed by atoms with E-state index < -0.39 is 5.54 Å². The quantitative estimate of drug-likeness (QED) is 0.503. The first kappa shape index (κ1) is 20.5. The van der Waals surface area contributed by atoms with Crippen LogP contribution in [0.15, 0.2) is 24.3 Å². The fourth-order valence-electron chi connectivity index (χ4n) is 1.94. The predicted octanol–water partition coefficient (Wildman–Crippen LogP) is 1.27. The Labute approximate surface area is 148 Å². The minimum absolute atomic E-state index is 0.00919. The first-order chi connectivity index (χ1) is 11.8. The Morgan fingerprint density at radius 1 is 1.28 bits per heavy atom. The molecule has 1 atom stereocenters. The molecule has 0 aliphatic rings. The molecule has 0 radical (unpaired) electrons. The largest absolute Gasteiger partial charge is 0.396 e. The van der Waals surface area contributed by atoms with E-state index in [2.05, 4.69) is 22.0 Å². The minimum Gasteiger partial charge on any atom is -0.396 e. The van der Waals surface area contributed by atoms with Gasteiger partial charge in [-0.05, 0) is 43.5 Å². The molecular weight excluding hydrogens is 320 g/mol. The van der Waals surface area contributed by atoms with Gasteiger partial charge in [-0.1, -0.05) is 13.8 Å². The highest BCUT2D eigenvalue weighted by Gasteiger charge is 2.29. The molecule has 1 aromatic rings. The molecule has 7 nitrogen and oxygen atoms in total. The van der Waals surface area contributed by atoms with Crippen molar-refractivity contribution in [1.29, 1.82) is 5.26 Å². The fourth-order valence-corrected chi connectivity index (χ4v) is 1.94. The molecule has 0 spiro atoms. The highest BCUT2D eigenvalue weighted by atomic mass is 16.3. The maximum Gasteiger partial charge on any atom is 0.251 e. The molecule has 1 rings (SSSR count). The van der Waals surface area contributed by atoms with Crippen molar-refractivity contribution in [2.75, 3.05) is 25.0 Å². The molecular formula is C18H26N4O3. The van der Waals surface area contributed by atoms with Gasteiger partial charge in [-0.15, -0.1) is 0 Å². The molecule has 1 aromatic carbocycles. The summed E-state index contributed by atoms with van der Waals surface area (Å²) in [5, 5.41) is 26.3. The average Bonchev–Trinajstić information content (AvgIpc) is 2.60. The second-order valence-corrected chi connectivity index (χ2v) is 6.28. The molecule has 2 amide bonds. The zero-order valence-electron chi connectivity index (χ0n) is 14.9. The fraction of sp³-hybridized carbons (Fsp3) is 0.500.